The summed E-state index contributed by atoms with van der Waals surface area (Å²) in [7, 11) is -1.07. The number of nitro groups is 1. The molecule has 27 heavy (non-hydrogen) atoms. The first-order valence-corrected chi connectivity index (χ1v) is 9.59. The summed E-state index contributed by atoms with van der Waals surface area (Å²) in [4.78, 5) is 23.4. The molecule has 2 aromatic carbocycles. The molecule has 2 heterocycles. The van der Waals surface area contributed by atoms with Crippen LogP contribution < -0.4 is 5.32 Å². The Morgan fingerprint density at radius 3 is 2.56 bits per heavy atom. The average Bonchev–Trinajstić information content (AvgIpc) is 3.19. The van der Waals surface area contributed by atoms with Gasteiger partial charge in [0.25, 0.3) is 11.6 Å². The van der Waals surface area contributed by atoms with Gasteiger partial charge < -0.3 is 5.32 Å². The highest BCUT2D eigenvalue weighted by molar-refractivity contribution is 7.83. The monoisotopic (exact) mass is 382 g/mol. The average molecular weight is 382 g/mol. The molecule has 4 rings (SSSR count). The molecule has 1 aromatic heterocycles. The van der Waals surface area contributed by atoms with Crippen molar-refractivity contribution < 1.29 is 13.9 Å². The molecule has 0 fully saturated rings. The van der Waals surface area contributed by atoms with Gasteiger partial charge in [0.15, 0.2) is 0 Å². The second-order valence-corrected chi connectivity index (χ2v) is 7.44. The van der Waals surface area contributed by atoms with Crippen molar-refractivity contribution in [1.29, 1.82) is 0 Å². The Morgan fingerprint density at radius 1 is 1.11 bits per heavy atom. The van der Waals surface area contributed by atoms with Crippen LogP contribution in [0.4, 0.5) is 11.5 Å². The number of hydrogen-bond acceptors (Lipinski definition) is 5. The fourth-order valence-electron chi connectivity index (χ4n) is 3.01. The molecule has 1 amide bonds. The highest BCUT2D eigenvalue weighted by Crippen LogP contribution is 2.32. The van der Waals surface area contributed by atoms with Gasteiger partial charge in [-0.05, 0) is 18.2 Å². The summed E-state index contributed by atoms with van der Waals surface area (Å²) < 4.78 is 13.5. The highest BCUT2D eigenvalue weighted by Gasteiger charge is 2.29. The van der Waals surface area contributed by atoms with Crippen molar-refractivity contribution in [2.24, 2.45) is 0 Å². The van der Waals surface area contributed by atoms with E-state index in [9.17, 15) is 19.1 Å². The van der Waals surface area contributed by atoms with Crippen LogP contribution in [0.15, 0.2) is 54.6 Å². The summed E-state index contributed by atoms with van der Waals surface area (Å²) in [6.45, 7) is 0. The molecular formula is C18H14N4O4S. The lowest BCUT2D eigenvalue weighted by Gasteiger charge is -2.11. The number of fused-ring (bicyclic) bond motifs is 1. The van der Waals surface area contributed by atoms with Crippen LogP contribution in [-0.2, 0) is 22.3 Å². The maximum atomic E-state index is 12.8. The molecule has 0 spiro atoms. The fourth-order valence-corrected chi connectivity index (χ4v) is 4.28. The number of anilines is 1. The lowest BCUT2D eigenvalue weighted by molar-refractivity contribution is -0.385. The Morgan fingerprint density at radius 2 is 1.81 bits per heavy atom. The van der Waals surface area contributed by atoms with E-state index in [1.54, 1.807) is 10.7 Å². The normalized spacial score (nSPS) is 15.3. The molecule has 9 heteroatoms. The number of aromatic nitrogens is 2. The fraction of sp³-hybridized carbons (Fsp3) is 0.111. The van der Waals surface area contributed by atoms with Gasteiger partial charge in [-0.25, -0.2) is 4.68 Å². The van der Waals surface area contributed by atoms with Crippen LogP contribution in [0.3, 0.4) is 0 Å². The number of carbonyl (C=O) groups excluding carboxylic acids is 1. The Kier molecular flexibility index (Phi) is 4.28. The van der Waals surface area contributed by atoms with Gasteiger partial charge in [-0.1, -0.05) is 30.3 Å². The Hall–Kier alpha value is -3.33. The molecule has 3 aromatic rings. The largest absolute Gasteiger partial charge is 0.306 e. The zero-order valence-electron chi connectivity index (χ0n) is 14.0. The molecular weight excluding hydrogens is 368 g/mol. The van der Waals surface area contributed by atoms with Crippen molar-refractivity contribution in [2.75, 3.05) is 5.32 Å². The minimum absolute atomic E-state index is 0.0452. The van der Waals surface area contributed by atoms with Gasteiger partial charge in [0, 0.05) is 22.4 Å². The van der Waals surface area contributed by atoms with Gasteiger partial charge >= 0.3 is 0 Å². The molecule has 0 saturated carbocycles. The maximum Gasteiger partial charge on any atom is 0.282 e. The highest BCUT2D eigenvalue weighted by atomic mass is 32.2. The lowest BCUT2D eigenvalue weighted by atomic mass is 10.1. The smallest absolute Gasteiger partial charge is 0.282 e. The van der Waals surface area contributed by atoms with E-state index in [0.29, 0.717) is 22.8 Å². The van der Waals surface area contributed by atoms with Crippen LogP contribution in [0.25, 0.3) is 5.69 Å². The van der Waals surface area contributed by atoms with Gasteiger partial charge in [0.2, 0.25) is 0 Å². The molecule has 1 aliphatic rings. The molecule has 0 bridgehead atoms. The summed E-state index contributed by atoms with van der Waals surface area (Å²) in [5.74, 6) is 0.392. The lowest BCUT2D eigenvalue weighted by Crippen LogP contribution is -2.17. The summed E-state index contributed by atoms with van der Waals surface area (Å²) >= 11 is 0. The van der Waals surface area contributed by atoms with Crippen LogP contribution >= 0.6 is 0 Å². The number of amides is 1. The predicted octanol–water partition coefficient (Wildman–Crippen LogP) is 2.80. The van der Waals surface area contributed by atoms with E-state index in [1.807, 2.05) is 30.3 Å². The summed E-state index contributed by atoms with van der Waals surface area (Å²) in [6, 6.07) is 15.0. The zero-order valence-corrected chi connectivity index (χ0v) is 14.8. The molecule has 0 unspecified atom stereocenters. The predicted molar refractivity (Wildman–Crippen MR) is 100 cm³/mol. The van der Waals surface area contributed by atoms with Crippen LogP contribution in [-0.4, -0.2) is 24.8 Å². The summed E-state index contributed by atoms with van der Waals surface area (Å²) in [6.07, 6.45) is 0. The maximum absolute atomic E-state index is 12.8. The minimum atomic E-state index is -1.07. The van der Waals surface area contributed by atoms with Gasteiger partial charge in [-0.15, -0.1) is 0 Å². The molecule has 0 aliphatic carbocycles. The third-order valence-electron chi connectivity index (χ3n) is 4.25. The number of benzene rings is 2. The Labute approximate surface area is 156 Å². The first-order chi connectivity index (χ1) is 13.0. The summed E-state index contributed by atoms with van der Waals surface area (Å²) in [5, 5.41) is 18.4. The van der Waals surface area contributed by atoms with Crippen molar-refractivity contribution in [3.63, 3.8) is 0 Å². The third-order valence-corrected chi connectivity index (χ3v) is 5.45. The zero-order chi connectivity index (χ0) is 19.0. The number of nitrogens with one attached hydrogen (secondary N) is 1. The van der Waals surface area contributed by atoms with Crippen LogP contribution in [0.2, 0.25) is 0 Å². The Bertz CT molecular complexity index is 1080. The quantitative estimate of drug-likeness (QED) is 0.551. The van der Waals surface area contributed by atoms with Crippen molar-refractivity contribution in [3.8, 4) is 5.69 Å². The van der Waals surface area contributed by atoms with E-state index >= 15 is 0 Å². The molecule has 8 nitrogen and oxygen atoms in total. The molecule has 0 saturated heterocycles. The standard InChI is InChI=1S/C18H14N4O4S/c23-18(13-8-4-5-9-16(13)22(24)25)19-17-14-10-27(26)11-15(14)20-21(17)12-6-2-1-3-7-12/h1-9H,10-11H2,(H,19,23)/t27-/m0/s1. The molecule has 1 atom stereocenters. The number of para-hydroxylation sites is 2. The topological polar surface area (TPSA) is 107 Å². The van der Waals surface area contributed by atoms with E-state index in [-0.39, 0.29) is 17.0 Å². The molecule has 0 radical (unpaired) electrons. The van der Waals surface area contributed by atoms with Gasteiger partial charge in [-0.2, -0.15) is 5.10 Å². The first-order valence-electron chi connectivity index (χ1n) is 8.10. The second-order valence-electron chi connectivity index (χ2n) is 5.98. The number of hydrogen-bond donors (Lipinski definition) is 1. The van der Waals surface area contributed by atoms with E-state index < -0.39 is 21.6 Å². The molecule has 136 valence electrons. The van der Waals surface area contributed by atoms with E-state index in [2.05, 4.69) is 10.4 Å². The first kappa shape index (κ1) is 17.1. The number of carbonyl (C=O) groups is 1. The van der Waals surface area contributed by atoms with Crippen molar-refractivity contribution in [2.45, 2.75) is 11.5 Å². The second kappa shape index (κ2) is 6.76. The SMILES string of the molecule is O=C(Nc1c2c(nn1-c1ccccc1)C[S@@](=O)C2)c1ccccc1[N+](=O)[O-]. The van der Waals surface area contributed by atoms with Crippen molar-refractivity contribution >= 4 is 28.2 Å². The molecule has 1 aliphatic heterocycles. The van der Waals surface area contributed by atoms with E-state index in [1.165, 1.54) is 18.2 Å². The van der Waals surface area contributed by atoms with Gasteiger partial charge in [-0.3, -0.25) is 19.1 Å². The van der Waals surface area contributed by atoms with Crippen molar-refractivity contribution in [3.05, 3.63) is 81.5 Å². The molecule has 1 N–H and O–H groups in total. The number of nitro benzene ring substituents is 1. The third kappa shape index (κ3) is 3.13. The van der Waals surface area contributed by atoms with Crippen LogP contribution in [0.5, 0.6) is 0 Å². The summed E-state index contributed by atoms with van der Waals surface area (Å²) in [5.41, 5.74) is 1.77. The van der Waals surface area contributed by atoms with Crippen LogP contribution in [0, 0.1) is 10.1 Å². The van der Waals surface area contributed by atoms with Gasteiger partial charge in [0.1, 0.15) is 11.4 Å². The van der Waals surface area contributed by atoms with Crippen LogP contribution in [0.1, 0.15) is 21.6 Å². The van der Waals surface area contributed by atoms with E-state index in [4.69, 9.17) is 0 Å². The van der Waals surface area contributed by atoms with Gasteiger partial charge in [0.05, 0.1) is 27.8 Å². The number of rotatable bonds is 4. The van der Waals surface area contributed by atoms with Crippen molar-refractivity contribution in [1.82, 2.24) is 9.78 Å². The number of nitrogens with zero attached hydrogens (tertiary/aromatic N) is 3. The Balaban J connectivity index is 1.77. The minimum Gasteiger partial charge on any atom is -0.306 e. The van der Waals surface area contributed by atoms with E-state index in [0.717, 1.165) is 5.69 Å².